The predicted octanol–water partition coefficient (Wildman–Crippen LogP) is 3.54. The van der Waals surface area contributed by atoms with E-state index in [-0.39, 0.29) is 0 Å². The van der Waals surface area contributed by atoms with Crippen LogP contribution in [0.25, 0.3) is 0 Å². The van der Waals surface area contributed by atoms with Crippen LogP contribution in [0.5, 0.6) is 0 Å². The second kappa shape index (κ2) is 7.16. The van der Waals surface area contributed by atoms with Crippen molar-refractivity contribution in [3.05, 3.63) is 22.8 Å². The zero-order chi connectivity index (χ0) is 14.5. The van der Waals surface area contributed by atoms with E-state index in [1.165, 1.54) is 42.6 Å². The molecule has 3 nitrogen and oxygen atoms in total. The van der Waals surface area contributed by atoms with Gasteiger partial charge in [-0.1, -0.05) is 20.3 Å². The lowest BCUT2D eigenvalue weighted by molar-refractivity contribution is 0.399. The maximum atomic E-state index is 4.77. The standard InChI is InChI=1S/C17H29N3/c1-5-9-18-11-12(2)10-16-13(3)19-17(20-14(16)4)15-7-6-8-15/h12,15,18H,5-11H2,1-4H3. The van der Waals surface area contributed by atoms with Crippen LogP contribution in [0, 0.1) is 19.8 Å². The predicted molar refractivity (Wildman–Crippen MR) is 84.1 cm³/mol. The first kappa shape index (κ1) is 15.4. The first-order valence-corrected chi connectivity index (χ1v) is 8.16. The maximum absolute atomic E-state index is 4.77. The van der Waals surface area contributed by atoms with Crippen LogP contribution in [0.15, 0.2) is 0 Å². The van der Waals surface area contributed by atoms with Crippen molar-refractivity contribution in [2.45, 2.75) is 65.7 Å². The van der Waals surface area contributed by atoms with Gasteiger partial charge in [-0.15, -0.1) is 0 Å². The highest BCUT2D eigenvalue weighted by Gasteiger charge is 2.23. The van der Waals surface area contributed by atoms with Crippen LogP contribution in [0.2, 0.25) is 0 Å². The number of hydrogen-bond acceptors (Lipinski definition) is 3. The summed E-state index contributed by atoms with van der Waals surface area (Å²) in [5, 5.41) is 3.50. The van der Waals surface area contributed by atoms with E-state index in [1.807, 2.05) is 0 Å². The number of aryl methyl sites for hydroxylation is 2. The number of nitrogens with zero attached hydrogens (tertiary/aromatic N) is 2. The average Bonchev–Trinajstić information content (AvgIpc) is 2.32. The molecule has 0 aromatic carbocycles. The van der Waals surface area contributed by atoms with E-state index in [1.54, 1.807) is 0 Å². The molecule has 0 radical (unpaired) electrons. The van der Waals surface area contributed by atoms with Gasteiger partial charge >= 0.3 is 0 Å². The van der Waals surface area contributed by atoms with Crippen molar-refractivity contribution >= 4 is 0 Å². The Balaban J connectivity index is 2.00. The molecule has 1 heterocycles. The molecule has 2 rings (SSSR count). The molecule has 1 aromatic heterocycles. The van der Waals surface area contributed by atoms with Crippen molar-refractivity contribution in [1.82, 2.24) is 15.3 Å². The Bertz CT molecular complexity index is 415. The molecule has 1 aliphatic carbocycles. The van der Waals surface area contributed by atoms with Gasteiger partial charge in [0.15, 0.2) is 0 Å². The summed E-state index contributed by atoms with van der Waals surface area (Å²) in [6.45, 7) is 11.0. The van der Waals surface area contributed by atoms with Crippen LogP contribution in [0.1, 0.15) is 68.2 Å². The Hall–Kier alpha value is -0.960. The van der Waals surface area contributed by atoms with Gasteiger partial charge in [-0.3, -0.25) is 0 Å². The smallest absolute Gasteiger partial charge is 0.131 e. The summed E-state index contributed by atoms with van der Waals surface area (Å²) in [6, 6.07) is 0. The van der Waals surface area contributed by atoms with Gasteiger partial charge in [0, 0.05) is 17.3 Å². The van der Waals surface area contributed by atoms with Gasteiger partial charge in [-0.05, 0) is 64.1 Å². The summed E-state index contributed by atoms with van der Waals surface area (Å²) < 4.78 is 0. The minimum Gasteiger partial charge on any atom is -0.316 e. The molecule has 1 unspecified atom stereocenters. The minimum absolute atomic E-state index is 0.630. The summed E-state index contributed by atoms with van der Waals surface area (Å²) in [6.07, 6.45) is 6.17. The van der Waals surface area contributed by atoms with E-state index in [4.69, 9.17) is 9.97 Å². The Labute approximate surface area is 123 Å². The second-order valence-corrected chi connectivity index (χ2v) is 6.37. The van der Waals surface area contributed by atoms with Crippen molar-refractivity contribution in [3.8, 4) is 0 Å². The molecule has 1 atom stereocenters. The van der Waals surface area contributed by atoms with Gasteiger partial charge in [-0.2, -0.15) is 0 Å². The molecule has 0 spiro atoms. The third-order valence-electron chi connectivity index (χ3n) is 4.38. The lowest BCUT2D eigenvalue weighted by Crippen LogP contribution is -2.24. The Morgan fingerprint density at radius 3 is 2.35 bits per heavy atom. The Morgan fingerprint density at radius 1 is 1.20 bits per heavy atom. The molecule has 1 saturated carbocycles. The highest BCUT2D eigenvalue weighted by Crippen LogP contribution is 2.34. The molecule has 1 aliphatic rings. The molecule has 1 fully saturated rings. The minimum atomic E-state index is 0.630. The fraction of sp³-hybridized carbons (Fsp3) is 0.765. The van der Waals surface area contributed by atoms with Gasteiger partial charge in [0.05, 0.1) is 0 Å². The molecule has 0 aliphatic heterocycles. The number of nitrogens with one attached hydrogen (secondary N) is 1. The normalized spacial score (nSPS) is 17.0. The first-order valence-electron chi connectivity index (χ1n) is 8.16. The van der Waals surface area contributed by atoms with Gasteiger partial charge < -0.3 is 5.32 Å². The summed E-state index contributed by atoms with van der Waals surface area (Å²) in [4.78, 5) is 9.55. The Kier molecular flexibility index (Phi) is 5.53. The molecule has 0 amide bonds. The monoisotopic (exact) mass is 275 g/mol. The second-order valence-electron chi connectivity index (χ2n) is 6.37. The first-order chi connectivity index (χ1) is 9.61. The fourth-order valence-corrected chi connectivity index (χ4v) is 2.86. The third-order valence-corrected chi connectivity index (χ3v) is 4.38. The average molecular weight is 275 g/mol. The van der Waals surface area contributed by atoms with Crippen molar-refractivity contribution in [2.75, 3.05) is 13.1 Å². The fourth-order valence-electron chi connectivity index (χ4n) is 2.86. The summed E-state index contributed by atoms with van der Waals surface area (Å²) >= 11 is 0. The molecular weight excluding hydrogens is 246 g/mol. The maximum Gasteiger partial charge on any atom is 0.131 e. The topological polar surface area (TPSA) is 37.8 Å². The molecule has 1 N–H and O–H groups in total. The Morgan fingerprint density at radius 2 is 1.85 bits per heavy atom. The molecule has 20 heavy (non-hydrogen) atoms. The van der Waals surface area contributed by atoms with E-state index in [9.17, 15) is 0 Å². The summed E-state index contributed by atoms with van der Waals surface area (Å²) in [7, 11) is 0. The van der Waals surface area contributed by atoms with E-state index >= 15 is 0 Å². The lowest BCUT2D eigenvalue weighted by atomic mass is 9.84. The van der Waals surface area contributed by atoms with Crippen molar-refractivity contribution in [1.29, 1.82) is 0 Å². The highest BCUT2D eigenvalue weighted by atomic mass is 14.9. The van der Waals surface area contributed by atoms with Crippen LogP contribution in [0.4, 0.5) is 0 Å². The number of hydrogen-bond donors (Lipinski definition) is 1. The van der Waals surface area contributed by atoms with Crippen LogP contribution in [-0.2, 0) is 6.42 Å². The van der Waals surface area contributed by atoms with Gasteiger partial charge in [0.2, 0.25) is 0 Å². The summed E-state index contributed by atoms with van der Waals surface area (Å²) in [5.74, 6) is 2.36. The van der Waals surface area contributed by atoms with Crippen LogP contribution >= 0.6 is 0 Å². The van der Waals surface area contributed by atoms with E-state index in [0.717, 1.165) is 25.3 Å². The molecular formula is C17H29N3. The van der Waals surface area contributed by atoms with E-state index < -0.39 is 0 Å². The molecule has 0 saturated heterocycles. The van der Waals surface area contributed by atoms with Gasteiger partial charge in [-0.25, -0.2) is 9.97 Å². The highest BCUT2D eigenvalue weighted by molar-refractivity contribution is 5.26. The quantitative estimate of drug-likeness (QED) is 0.773. The zero-order valence-corrected chi connectivity index (χ0v) is 13.5. The molecule has 0 bridgehead atoms. The molecule has 112 valence electrons. The van der Waals surface area contributed by atoms with Gasteiger partial charge in [0.1, 0.15) is 5.82 Å². The zero-order valence-electron chi connectivity index (χ0n) is 13.5. The van der Waals surface area contributed by atoms with Crippen molar-refractivity contribution < 1.29 is 0 Å². The lowest BCUT2D eigenvalue weighted by Gasteiger charge is -2.25. The number of aromatic nitrogens is 2. The largest absolute Gasteiger partial charge is 0.316 e. The van der Waals surface area contributed by atoms with Crippen LogP contribution < -0.4 is 5.32 Å². The molecule has 3 heteroatoms. The van der Waals surface area contributed by atoms with E-state index in [2.05, 4.69) is 33.0 Å². The van der Waals surface area contributed by atoms with E-state index in [0.29, 0.717) is 11.8 Å². The number of rotatable bonds is 7. The van der Waals surface area contributed by atoms with Crippen LogP contribution in [0.3, 0.4) is 0 Å². The molecule has 1 aromatic rings. The summed E-state index contributed by atoms with van der Waals surface area (Å²) in [5.41, 5.74) is 3.75. The van der Waals surface area contributed by atoms with Crippen molar-refractivity contribution in [3.63, 3.8) is 0 Å². The van der Waals surface area contributed by atoms with Crippen LogP contribution in [-0.4, -0.2) is 23.1 Å². The SMILES string of the molecule is CCCNCC(C)Cc1c(C)nc(C2CCC2)nc1C. The van der Waals surface area contributed by atoms with Gasteiger partial charge in [0.25, 0.3) is 0 Å². The third kappa shape index (κ3) is 3.78. The van der Waals surface area contributed by atoms with Crippen molar-refractivity contribution in [2.24, 2.45) is 5.92 Å².